The fourth-order valence-electron chi connectivity index (χ4n) is 4.34. The highest BCUT2D eigenvalue weighted by Gasteiger charge is 2.39. The highest BCUT2D eigenvalue weighted by Crippen LogP contribution is 2.27. The van der Waals surface area contributed by atoms with Crippen LogP contribution in [0.3, 0.4) is 0 Å². The number of anilines is 4. The van der Waals surface area contributed by atoms with Crippen molar-refractivity contribution in [3.63, 3.8) is 0 Å². The van der Waals surface area contributed by atoms with Gasteiger partial charge in [-0.3, -0.25) is 14.4 Å². The zero-order chi connectivity index (χ0) is 25.2. The minimum absolute atomic E-state index is 0.00553. The molecule has 5 rings (SSSR count). The van der Waals surface area contributed by atoms with Gasteiger partial charge in [0, 0.05) is 41.7 Å². The maximum atomic E-state index is 13.2. The standard InChI is InChI=1S/C25H25N5O6/c26-23-19-5-4-16(12-15(19)6-7-27-23)28-24(33)21(32)22-25(34)30(9-11-36-22)18-3-1-2-17(13-18)29-8-10-35-14-20(29)31/h1-7,12-13,21-22,32H,8-11,14H2,(H2,26,27)(H,28,33)/t21-,22?/m1/s1. The Labute approximate surface area is 206 Å². The number of rotatable bonds is 5. The number of ether oxygens (including phenoxy) is 2. The van der Waals surface area contributed by atoms with Gasteiger partial charge in [-0.1, -0.05) is 6.07 Å². The number of benzene rings is 2. The molecule has 0 saturated carbocycles. The lowest BCUT2D eigenvalue weighted by molar-refractivity contribution is -0.150. The molecule has 3 aromatic rings. The van der Waals surface area contributed by atoms with E-state index in [0.717, 1.165) is 10.8 Å². The van der Waals surface area contributed by atoms with E-state index in [1.54, 1.807) is 59.6 Å². The maximum absolute atomic E-state index is 13.2. The largest absolute Gasteiger partial charge is 0.383 e. The predicted molar refractivity (Wildman–Crippen MR) is 132 cm³/mol. The Morgan fingerprint density at radius 3 is 2.67 bits per heavy atom. The first-order valence-corrected chi connectivity index (χ1v) is 11.5. The number of carbonyl (C=O) groups is 3. The summed E-state index contributed by atoms with van der Waals surface area (Å²) in [7, 11) is 0. The van der Waals surface area contributed by atoms with E-state index in [1.807, 2.05) is 0 Å². The summed E-state index contributed by atoms with van der Waals surface area (Å²) in [6.07, 6.45) is -1.55. The van der Waals surface area contributed by atoms with Crippen molar-refractivity contribution < 1.29 is 29.0 Å². The number of carbonyl (C=O) groups excluding carboxylic acids is 3. The number of nitrogen functional groups attached to an aromatic ring is 1. The van der Waals surface area contributed by atoms with Crippen molar-refractivity contribution in [1.82, 2.24) is 4.98 Å². The van der Waals surface area contributed by atoms with Crippen LogP contribution in [0.1, 0.15) is 0 Å². The van der Waals surface area contributed by atoms with Gasteiger partial charge in [0.25, 0.3) is 17.7 Å². The number of nitrogens with zero attached hydrogens (tertiary/aromatic N) is 3. The highest BCUT2D eigenvalue weighted by atomic mass is 16.5. The lowest BCUT2D eigenvalue weighted by Gasteiger charge is -2.35. The Morgan fingerprint density at radius 1 is 1.08 bits per heavy atom. The SMILES string of the molecule is Nc1nccc2cc(NC(=O)[C@H](O)C3OCCN(c4cccc(N5CCOCC5=O)c4)C3=O)ccc12. The van der Waals surface area contributed by atoms with Crippen LogP contribution < -0.4 is 20.9 Å². The van der Waals surface area contributed by atoms with Gasteiger partial charge in [-0.15, -0.1) is 0 Å². The van der Waals surface area contributed by atoms with Crippen molar-refractivity contribution in [2.45, 2.75) is 12.2 Å². The van der Waals surface area contributed by atoms with Crippen molar-refractivity contribution in [2.24, 2.45) is 0 Å². The molecular formula is C25H25N5O6. The molecule has 2 aliphatic rings. The Kier molecular flexibility index (Phi) is 6.51. The van der Waals surface area contributed by atoms with E-state index in [4.69, 9.17) is 15.2 Å². The number of aliphatic hydroxyl groups is 1. The third-order valence-corrected chi connectivity index (χ3v) is 6.18. The van der Waals surface area contributed by atoms with E-state index in [2.05, 4.69) is 10.3 Å². The van der Waals surface area contributed by atoms with Crippen molar-refractivity contribution >= 4 is 51.4 Å². The molecule has 0 radical (unpaired) electrons. The number of pyridine rings is 1. The van der Waals surface area contributed by atoms with Crippen LogP contribution in [0.25, 0.3) is 10.8 Å². The molecule has 1 aromatic heterocycles. The van der Waals surface area contributed by atoms with E-state index < -0.39 is 24.0 Å². The molecule has 0 aliphatic carbocycles. The molecule has 2 fully saturated rings. The minimum atomic E-state index is -1.73. The average molecular weight is 492 g/mol. The van der Waals surface area contributed by atoms with Crippen LogP contribution in [0, 0.1) is 0 Å². The number of aromatic nitrogens is 1. The third kappa shape index (κ3) is 4.59. The summed E-state index contributed by atoms with van der Waals surface area (Å²) < 4.78 is 10.7. The highest BCUT2D eigenvalue weighted by molar-refractivity contribution is 6.05. The van der Waals surface area contributed by atoms with Crippen LogP contribution in [0.2, 0.25) is 0 Å². The first kappa shape index (κ1) is 23.7. The van der Waals surface area contributed by atoms with Gasteiger partial charge in [-0.2, -0.15) is 0 Å². The Morgan fingerprint density at radius 2 is 1.86 bits per heavy atom. The summed E-state index contributed by atoms with van der Waals surface area (Å²) in [5, 5.41) is 14.8. The normalized spacial score (nSPS) is 19.4. The molecular weight excluding hydrogens is 466 g/mol. The molecule has 11 nitrogen and oxygen atoms in total. The van der Waals surface area contributed by atoms with Gasteiger partial charge in [0.05, 0.1) is 13.2 Å². The number of morpholine rings is 2. The van der Waals surface area contributed by atoms with Crippen molar-refractivity contribution in [1.29, 1.82) is 0 Å². The van der Waals surface area contributed by atoms with Crippen molar-refractivity contribution in [2.75, 3.05) is 53.8 Å². The average Bonchev–Trinajstić information content (AvgIpc) is 2.89. The van der Waals surface area contributed by atoms with Gasteiger partial charge in [-0.25, -0.2) is 4.98 Å². The number of nitrogens with two attached hydrogens (primary N) is 1. The summed E-state index contributed by atoms with van der Waals surface area (Å²) >= 11 is 0. The molecule has 0 bridgehead atoms. The molecule has 36 heavy (non-hydrogen) atoms. The van der Waals surface area contributed by atoms with Crippen molar-refractivity contribution in [3.8, 4) is 0 Å². The van der Waals surface area contributed by atoms with Gasteiger partial charge in [0.15, 0.2) is 12.2 Å². The van der Waals surface area contributed by atoms with Gasteiger partial charge >= 0.3 is 0 Å². The second-order valence-electron chi connectivity index (χ2n) is 8.47. The molecule has 3 amide bonds. The lowest BCUT2D eigenvalue weighted by atomic mass is 10.1. The topological polar surface area (TPSA) is 147 Å². The van der Waals surface area contributed by atoms with Crippen molar-refractivity contribution in [3.05, 3.63) is 54.7 Å². The van der Waals surface area contributed by atoms with Crippen LogP contribution in [0.5, 0.6) is 0 Å². The van der Waals surface area contributed by atoms with Crippen LogP contribution in [-0.2, 0) is 23.9 Å². The molecule has 2 saturated heterocycles. The molecule has 2 aromatic carbocycles. The second-order valence-corrected chi connectivity index (χ2v) is 8.47. The number of hydrogen-bond acceptors (Lipinski definition) is 8. The molecule has 0 spiro atoms. The summed E-state index contributed by atoms with van der Waals surface area (Å²) in [4.78, 5) is 45.3. The fraction of sp³-hybridized carbons (Fsp3) is 0.280. The zero-order valence-corrected chi connectivity index (χ0v) is 19.3. The number of aliphatic hydroxyl groups excluding tert-OH is 1. The molecule has 1 unspecified atom stereocenters. The summed E-state index contributed by atoms with van der Waals surface area (Å²) in [6, 6.07) is 13.8. The maximum Gasteiger partial charge on any atom is 0.259 e. The quantitative estimate of drug-likeness (QED) is 0.477. The third-order valence-electron chi connectivity index (χ3n) is 6.18. The first-order valence-electron chi connectivity index (χ1n) is 11.5. The Balaban J connectivity index is 1.30. The summed E-state index contributed by atoms with van der Waals surface area (Å²) in [5.74, 6) is -1.12. The second kappa shape index (κ2) is 9.90. The van der Waals surface area contributed by atoms with Crippen LogP contribution in [0.15, 0.2) is 54.7 Å². The van der Waals surface area contributed by atoms with Crippen LogP contribution >= 0.6 is 0 Å². The molecule has 186 valence electrons. The van der Waals surface area contributed by atoms with Crippen LogP contribution in [-0.4, -0.2) is 72.9 Å². The minimum Gasteiger partial charge on any atom is -0.383 e. The summed E-state index contributed by atoms with van der Waals surface area (Å²) in [6.45, 7) is 1.22. The molecule has 11 heteroatoms. The zero-order valence-electron chi connectivity index (χ0n) is 19.3. The summed E-state index contributed by atoms with van der Waals surface area (Å²) in [5.41, 5.74) is 7.48. The molecule has 3 heterocycles. The van der Waals surface area contributed by atoms with E-state index in [1.165, 1.54) is 4.90 Å². The number of amides is 3. The number of hydrogen-bond donors (Lipinski definition) is 3. The fourth-order valence-corrected chi connectivity index (χ4v) is 4.34. The number of fused-ring (bicyclic) bond motifs is 1. The molecule has 2 atom stereocenters. The van der Waals surface area contributed by atoms with Gasteiger partial charge < -0.3 is 35.4 Å². The van der Waals surface area contributed by atoms with Gasteiger partial charge in [-0.05, 0) is 47.9 Å². The van der Waals surface area contributed by atoms with Gasteiger partial charge in [0.1, 0.15) is 12.4 Å². The van der Waals surface area contributed by atoms with Crippen LogP contribution in [0.4, 0.5) is 22.9 Å². The van der Waals surface area contributed by atoms with E-state index in [-0.39, 0.29) is 25.7 Å². The predicted octanol–water partition coefficient (Wildman–Crippen LogP) is 0.912. The van der Waals surface area contributed by atoms with Gasteiger partial charge in [0.2, 0.25) is 0 Å². The molecule has 4 N–H and O–H groups in total. The Hall–Kier alpha value is -4.06. The number of nitrogens with one attached hydrogen (secondary N) is 1. The molecule has 2 aliphatic heterocycles. The first-order chi connectivity index (χ1) is 17.4. The Bertz CT molecular complexity index is 1330. The van der Waals surface area contributed by atoms with E-state index >= 15 is 0 Å². The van der Waals surface area contributed by atoms with E-state index in [0.29, 0.717) is 36.0 Å². The monoisotopic (exact) mass is 491 g/mol. The van der Waals surface area contributed by atoms with E-state index in [9.17, 15) is 19.5 Å². The smallest absolute Gasteiger partial charge is 0.259 e. The lowest BCUT2D eigenvalue weighted by Crippen LogP contribution is -2.55.